The Bertz CT molecular complexity index is 432. The van der Waals surface area contributed by atoms with Gasteiger partial charge in [0.25, 0.3) is 0 Å². The van der Waals surface area contributed by atoms with Crippen LogP contribution in [0.15, 0.2) is 18.2 Å². The lowest BCUT2D eigenvalue weighted by atomic mass is 10.2. The van der Waals surface area contributed by atoms with Crippen LogP contribution in [-0.4, -0.2) is 20.3 Å². The Kier molecular flexibility index (Phi) is 7.53. The van der Waals surface area contributed by atoms with Gasteiger partial charge in [0.15, 0.2) is 0 Å². The second-order valence-corrected chi connectivity index (χ2v) is 4.28. The molecule has 19 heavy (non-hydrogen) atoms. The summed E-state index contributed by atoms with van der Waals surface area (Å²) in [6, 6.07) is 5.66. The molecule has 0 aliphatic heterocycles. The number of hydrogen-bond donors (Lipinski definition) is 1. The lowest BCUT2D eigenvalue weighted by Crippen LogP contribution is -2.00. The molecule has 3 heteroatoms. The summed E-state index contributed by atoms with van der Waals surface area (Å²) in [5.74, 6) is 7.45. The maximum atomic E-state index is 5.78. The Hall–Kier alpha value is -1.66. The Morgan fingerprint density at radius 2 is 2.05 bits per heavy atom. The number of unbranched alkanes of at least 4 members (excludes halogenated alkanes) is 3. The average molecular weight is 261 g/mol. The molecule has 0 aliphatic carbocycles. The fraction of sp³-hybridized carbons (Fsp3) is 0.500. The quantitative estimate of drug-likeness (QED) is 0.606. The van der Waals surface area contributed by atoms with Crippen molar-refractivity contribution in [3.63, 3.8) is 0 Å². The van der Waals surface area contributed by atoms with Gasteiger partial charge in [-0.05, 0) is 24.6 Å². The number of methoxy groups -OCH3 is 1. The monoisotopic (exact) mass is 261 g/mol. The Labute approximate surface area is 116 Å². The molecule has 0 bridgehead atoms. The Balaban J connectivity index is 2.64. The summed E-state index contributed by atoms with van der Waals surface area (Å²) < 4.78 is 11.0. The third-order valence-electron chi connectivity index (χ3n) is 2.77. The number of ether oxygens (including phenoxy) is 2. The molecule has 0 amide bonds. The molecule has 0 spiro atoms. The van der Waals surface area contributed by atoms with Crippen LogP contribution >= 0.6 is 0 Å². The molecule has 1 aromatic rings. The molecule has 0 radical (unpaired) electrons. The van der Waals surface area contributed by atoms with Gasteiger partial charge in [-0.25, -0.2) is 0 Å². The zero-order valence-electron chi connectivity index (χ0n) is 11.9. The SMILES string of the molecule is CCCCCCOc1ccc(OC)cc1C#CCN. The molecule has 0 aromatic heterocycles. The third-order valence-corrected chi connectivity index (χ3v) is 2.77. The van der Waals surface area contributed by atoms with E-state index in [1.54, 1.807) is 7.11 Å². The van der Waals surface area contributed by atoms with Crippen molar-refractivity contribution in [2.24, 2.45) is 5.73 Å². The summed E-state index contributed by atoms with van der Waals surface area (Å²) in [5.41, 5.74) is 6.24. The summed E-state index contributed by atoms with van der Waals surface area (Å²) in [5, 5.41) is 0. The fourth-order valence-corrected chi connectivity index (χ4v) is 1.72. The Morgan fingerprint density at radius 3 is 2.74 bits per heavy atom. The van der Waals surface area contributed by atoms with Gasteiger partial charge in [-0.15, -0.1) is 0 Å². The number of rotatable bonds is 7. The molecule has 0 unspecified atom stereocenters. The highest BCUT2D eigenvalue weighted by Crippen LogP contribution is 2.23. The van der Waals surface area contributed by atoms with Crippen molar-refractivity contribution in [1.82, 2.24) is 0 Å². The lowest BCUT2D eigenvalue weighted by Gasteiger charge is -2.09. The molecule has 0 aliphatic rings. The van der Waals surface area contributed by atoms with Crippen LogP contribution < -0.4 is 15.2 Å². The van der Waals surface area contributed by atoms with Crippen molar-refractivity contribution in [3.8, 4) is 23.3 Å². The van der Waals surface area contributed by atoms with Crippen molar-refractivity contribution in [3.05, 3.63) is 23.8 Å². The molecule has 0 heterocycles. The number of nitrogens with two attached hydrogens (primary N) is 1. The summed E-state index contributed by atoms with van der Waals surface area (Å²) in [6.07, 6.45) is 4.77. The van der Waals surface area contributed by atoms with Crippen LogP contribution in [0.4, 0.5) is 0 Å². The van der Waals surface area contributed by atoms with E-state index in [9.17, 15) is 0 Å². The van der Waals surface area contributed by atoms with Gasteiger partial charge < -0.3 is 15.2 Å². The zero-order chi connectivity index (χ0) is 13.9. The van der Waals surface area contributed by atoms with Gasteiger partial charge in [0.05, 0.1) is 25.8 Å². The van der Waals surface area contributed by atoms with Crippen molar-refractivity contribution in [1.29, 1.82) is 0 Å². The van der Waals surface area contributed by atoms with E-state index in [2.05, 4.69) is 18.8 Å². The molecule has 1 aromatic carbocycles. The second-order valence-electron chi connectivity index (χ2n) is 4.28. The summed E-state index contributed by atoms with van der Waals surface area (Å²) in [7, 11) is 1.64. The van der Waals surface area contributed by atoms with E-state index < -0.39 is 0 Å². The maximum Gasteiger partial charge on any atom is 0.135 e. The van der Waals surface area contributed by atoms with Gasteiger partial charge in [0.2, 0.25) is 0 Å². The molecule has 0 atom stereocenters. The molecule has 0 fully saturated rings. The topological polar surface area (TPSA) is 44.5 Å². The molecule has 0 saturated heterocycles. The van der Waals surface area contributed by atoms with E-state index in [1.165, 1.54) is 19.3 Å². The fourth-order valence-electron chi connectivity index (χ4n) is 1.72. The molecular weight excluding hydrogens is 238 g/mol. The average Bonchev–Trinajstić information content (AvgIpc) is 2.45. The molecule has 104 valence electrons. The van der Waals surface area contributed by atoms with E-state index in [-0.39, 0.29) is 0 Å². The second kappa shape index (κ2) is 9.29. The van der Waals surface area contributed by atoms with Crippen LogP contribution in [0.25, 0.3) is 0 Å². The van der Waals surface area contributed by atoms with E-state index >= 15 is 0 Å². The lowest BCUT2D eigenvalue weighted by molar-refractivity contribution is 0.303. The molecule has 2 N–H and O–H groups in total. The van der Waals surface area contributed by atoms with E-state index in [4.69, 9.17) is 15.2 Å². The molecule has 0 saturated carbocycles. The largest absolute Gasteiger partial charge is 0.497 e. The minimum Gasteiger partial charge on any atom is -0.497 e. The number of hydrogen-bond acceptors (Lipinski definition) is 3. The van der Waals surface area contributed by atoms with Crippen LogP contribution in [-0.2, 0) is 0 Å². The predicted octanol–water partition coefficient (Wildman–Crippen LogP) is 2.96. The van der Waals surface area contributed by atoms with E-state index in [0.29, 0.717) is 6.54 Å². The first-order valence-electron chi connectivity index (χ1n) is 6.81. The maximum absolute atomic E-state index is 5.78. The van der Waals surface area contributed by atoms with Gasteiger partial charge in [0.1, 0.15) is 11.5 Å². The van der Waals surface area contributed by atoms with Crippen LogP contribution in [0.3, 0.4) is 0 Å². The van der Waals surface area contributed by atoms with Crippen molar-refractivity contribution >= 4 is 0 Å². The highest BCUT2D eigenvalue weighted by molar-refractivity contribution is 5.50. The first-order chi connectivity index (χ1) is 9.31. The van der Waals surface area contributed by atoms with Gasteiger partial charge in [-0.3, -0.25) is 0 Å². The van der Waals surface area contributed by atoms with E-state index in [1.807, 2.05) is 18.2 Å². The van der Waals surface area contributed by atoms with Crippen LogP contribution in [0, 0.1) is 11.8 Å². The van der Waals surface area contributed by atoms with Gasteiger partial charge in [-0.2, -0.15) is 0 Å². The van der Waals surface area contributed by atoms with Crippen LogP contribution in [0.2, 0.25) is 0 Å². The summed E-state index contributed by atoms with van der Waals surface area (Å²) >= 11 is 0. The van der Waals surface area contributed by atoms with Crippen molar-refractivity contribution < 1.29 is 9.47 Å². The van der Waals surface area contributed by atoms with Gasteiger partial charge in [0, 0.05) is 0 Å². The van der Waals surface area contributed by atoms with Gasteiger partial charge >= 0.3 is 0 Å². The van der Waals surface area contributed by atoms with Crippen LogP contribution in [0.1, 0.15) is 38.2 Å². The third kappa shape index (κ3) is 5.67. The normalized spacial score (nSPS) is 9.63. The summed E-state index contributed by atoms with van der Waals surface area (Å²) in [4.78, 5) is 0. The standard InChI is InChI=1S/C16H23NO2/c1-3-4-5-6-12-19-16-10-9-15(18-2)13-14(16)8-7-11-17/h9-10,13H,3-6,11-12,17H2,1-2H3. The molecular formula is C16H23NO2. The number of benzene rings is 1. The summed E-state index contributed by atoms with van der Waals surface area (Å²) in [6.45, 7) is 3.27. The zero-order valence-corrected chi connectivity index (χ0v) is 11.9. The van der Waals surface area contributed by atoms with Gasteiger partial charge in [-0.1, -0.05) is 38.0 Å². The minimum atomic E-state index is 0.340. The first-order valence-corrected chi connectivity index (χ1v) is 6.81. The van der Waals surface area contributed by atoms with E-state index in [0.717, 1.165) is 30.1 Å². The minimum absolute atomic E-state index is 0.340. The highest BCUT2D eigenvalue weighted by atomic mass is 16.5. The predicted molar refractivity (Wildman–Crippen MR) is 78.6 cm³/mol. The van der Waals surface area contributed by atoms with Crippen molar-refractivity contribution in [2.45, 2.75) is 32.6 Å². The highest BCUT2D eigenvalue weighted by Gasteiger charge is 2.03. The van der Waals surface area contributed by atoms with Crippen molar-refractivity contribution in [2.75, 3.05) is 20.3 Å². The molecule has 1 rings (SSSR count). The smallest absolute Gasteiger partial charge is 0.135 e. The first kappa shape index (κ1) is 15.4. The Morgan fingerprint density at radius 1 is 1.21 bits per heavy atom. The molecule has 3 nitrogen and oxygen atoms in total. The van der Waals surface area contributed by atoms with Crippen LogP contribution in [0.5, 0.6) is 11.5 Å².